The number of carbonyl (C=O) groups is 1. The van der Waals surface area contributed by atoms with Crippen molar-refractivity contribution in [2.45, 2.75) is 32.6 Å². The number of sulfonamides is 1. The van der Waals surface area contributed by atoms with E-state index in [9.17, 15) is 13.2 Å². The SMILES string of the molecule is CCN(CC)c1ccc(/C=N\NC(=O)CN(c2cc(C)ccc2OC)S(=O)(=O)c2ccc(C)cc2)cc1. The third-order valence-electron chi connectivity index (χ3n) is 5.92. The topological polar surface area (TPSA) is 91.3 Å². The third kappa shape index (κ3) is 6.89. The van der Waals surface area contributed by atoms with Crippen molar-refractivity contribution in [3.8, 4) is 5.75 Å². The number of amides is 1. The van der Waals surface area contributed by atoms with Gasteiger partial charge < -0.3 is 9.64 Å². The normalized spacial score (nSPS) is 11.4. The van der Waals surface area contributed by atoms with Gasteiger partial charge in [0.2, 0.25) is 0 Å². The molecule has 0 aliphatic carbocycles. The summed E-state index contributed by atoms with van der Waals surface area (Å²) in [7, 11) is -2.62. The molecule has 0 radical (unpaired) electrons. The first-order chi connectivity index (χ1) is 17.7. The number of benzene rings is 3. The summed E-state index contributed by atoms with van der Waals surface area (Å²) in [5.41, 5.74) is 6.39. The average molecular weight is 523 g/mol. The van der Waals surface area contributed by atoms with E-state index in [1.165, 1.54) is 25.5 Å². The molecule has 196 valence electrons. The fourth-order valence-corrected chi connectivity index (χ4v) is 5.26. The van der Waals surface area contributed by atoms with Gasteiger partial charge >= 0.3 is 0 Å². The summed E-state index contributed by atoms with van der Waals surface area (Å²) in [6.45, 7) is 9.26. The number of nitrogens with one attached hydrogen (secondary N) is 1. The lowest BCUT2D eigenvalue weighted by molar-refractivity contribution is -0.119. The molecule has 0 atom stereocenters. The van der Waals surface area contributed by atoms with Crippen LogP contribution in [0.2, 0.25) is 0 Å². The second-order valence-electron chi connectivity index (χ2n) is 8.56. The maximum atomic E-state index is 13.6. The largest absolute Gasteiger partial charge is 0.495 e. The van der Waals surface area contributed by atoms with Crippen LogP contribution in [0.3, 0.4) is 0 Å². The Labute approximate surface area is 219 Å². The summed E-state index contributed by atoms with van der Waals surface area (Å²) in [6.07, 6.45) is 1.52. The number of aryl methyl sites for hydroxylation is 2. The molecular formula is C28H34N4O4S. The molecule has 0 unspecified atom stereocenters. The molecule has 1 amide bonds. The van der Waals surface area contributed by atoms with Crippen LogP contribution in [0, 0.1) is 13.8 Å². The van der Waals surface area contributed by atoms with Gasteiger partial charge in [0.1, 0.15) is 12.3 Å². The highest BCUT2D eigenvalue weighted by atomic mass is 32.2. The molecular weight excluding hydrogens is 488 g/mol. The predicted molar refractivity (Wildman–Crippen MR) is 149 cm³/mol. The number of rotatable bonds is 11. The van der Waals surface area contributed by atoms with Gasteiger partial charge in [0.15, 0.2) is 0 Å². The minimum atomic E-state index is -4.07. The van der Waals surface area contributed by atoms with Crippen LogP contribution in [0.25, 0.3) is 0 Å². The molecule has 0 fully saturated rings. The first-order valence-electron chi connectivity index (χ1n) is 12.1. The number of hydrogen-bond acceptors (Lipinski definition) is 6. The van der Waals surface area contributed by atoms with Crippen molar-refractivity contribution in [3.05, 3.63) is 83.4 Å². The molecule has 3 rings (SSSR count). The van der Waals surface area contributed by atoms with Gasteiger partial charge in [0, 0.05) is 18.8 Å². The van der Waals surface area contributed by atoms with E-state index < -0.39 is 22.5 Å². The number of hydrogen-bond donors (Lipinski definition) is 1. The Bertz CT molecular complexity index is 1330. The van der Waals surface area contributed by atoms with Crippen molar-refractivity contribution in [2.75, 3.05) is 35.9 Å². The van der Waals surface area contributed by atoms with Gasteiger partial charge in [-0.1, -0.05) is 35.9 Å². The molecule has 0 aromatic heterocycles. The van der Waals surface area contributed by atoms with Crippen LogP contribution in [-0.4, -0.2) is 47.3 Å². The second kappa shape index (κ2) is 12.4. The van der Waals surface area contributed by atoms with Crippen LogP contribution >= 0.6 is 0 Å². The summed E-state index contributed by atoms with van der Waals surface area (Å²) >= 11 is 0. The Kier molecular flexibility index (Phi) is 9.30. The van der Waals surface area contributed by atoms with Crippen LogP contribution in [0.5, 0.6) is 5.75 Å². The van der Waals surface area contributed by atoms with Crippen molar-refractivity contribution in [1.29, 1.82) is 0 Å². The number of carbonyl (C=O) groups excluding carboxylic acids is 1. The molecule has 0 spiro atoms. The second-order valence-corrected chi connectivity index (χ2v) is 10.4. The van der Waals surface area contributed by atoms with Gasteiger partial charge in [-0.25, -0.2) is 13.8 Å². The number of nitrogens with zero attached hydrogens (tertiary/aromatic N) is 3. The number of anilines is 2. The van der Waals surface area contributed by atoms with Crippen LogP contribution < -0.4 is 19.4 Å². The Morgan fingerprint density at radius 2 is 1.57 bits per heavy atom. The van der Waals surface area contributed by atoms with E-state index >= 15 is 0 Å². The van der Waals surface area contributed by atoms with E-state index in [2.05, 4.69) is 29.3 Å². The van der Waals surface area contributed by atoms with Crippen molar-refractivity contribution in [3.63, 3.8) is 0 Å². The van der Waals surface area contributed by atoms with Crippen LogP contribution in [0.4, 0.5) is 11.4 Å². The van der Waals surface area contributed by atoms with Gasteiger partial charge in [-0.3, -0.25) is 9.10 Å². The summed E-state index contributed by atoms with van der Waals surface area (Å²) in [5.74, 6) is -0.249. The van der Waals surface area contributed by atoms with Crippen molar-refractivity contribution >= 4 is 33.5 Å². The zero-order valence-electron chi connectivity index (χ0n) is 21.9. The molecule has 9 heteroatoms. The highest BCUT2D eigenvalue weighted by molar-refractivity contribution is 7.92. The summed E-state index contributed by atoms with van der Waals surface area (Å²) < 4.78 is 33.8. The van der Waals surface area contributed by atoms with Gasteiger partial charge in [-0.2, -0.15) is 5.10 Å². The number of hydrazone groups is 1. The molecule has 3 aromatic carbocycles. The van der Waals surface area contributed by atoms with Crippen molar-refractivity contribution in [2.24, 2.45) is 5.10 Å². The van der Waals surface area contributed by atoms with Gasteiger partial charge in [-0.05, 0) is 75.2 Å². The Hall–Kier alpha value is -3.85. The summed E-state index contributed by atoms with van der Waals surface area (Å²) in [6, 6.07) is 19.5. The maximum Gasteiger partial charge on any atom is 0.264 e. The minimum Gasteiger partial charge on any atom is -0.495 e. The van der Waals surface area contributed by atoms with E-state index in [0.29, 0.717) is 5.75 Å². The maximum absolute atomic E-state index is 13.6. The van der Waals surface area contributed by atoms with E-state index in [-0.39, 0.29) is 10.6 Å². The molecule has 0 saturated heterocycles. The number of ether oxygens (including phenoxy) is 1. The van der Waals surface area contributed by atoms with Gasteiger partial charge in [0.25, 0.3) is 15.9 Å². The van der Waals surface area contributed by atoms with Gasteiger partial charge in [0.05, 0.1) is 23.9 Å². The smallest absolute Gasteiger partial charge is 0.264 e. The molecule has 0 aliphatic rings. The lowest BCUT2D eigenvalue weighted by Crippen LogP contribution is -2.39. The first-order valence-corrected chi connectivity index (χ1v) is 13.5. The van der Waals surface area contributed by atoms with Crippen LogP contribution in [0.15, 0.2) is 76.7 Å². The number of methoxy groups -OCH3 is 1. The zero-order chi connectivity index (χ0) is 27.0. The molecule has 37 heavy (non-hydrogen) atoms. The highest BCUT2D eigenvalue weighted by Crippen LogP contribution is 2.33. The summed E-state index contributed by atoms with van der Waals surface area (Å²) in [5, 5.41) is 4.04. The Morgan fingerprint density at radius 1 is 0.946 bits per heavy atom. The van der Waals surface area contributed by atoms with Gasteiger partial charge in [-0.15, -0.1) is 0 Å². The fraction of sp³-hybridized carbons (Fsp3) is 0.286. The van der Waals surface area contributed by atoms with E-state index in [0.717, 1.165) is 39.8 Å². The lowest BCUT2D eigenvalue weighted by Gasteiger charge is -2.25. The third-order valence-corrected chi connectivity index (χ3v) is 7.70. The van der Waals surface area contributed by atoms with Crippen molar-refractivity contribution in [1.82, 2.24) is 5.43 Å². The molecule has 8 nitrogen and oxygen atoms in total. The summed E-state index contributed by atoms with van der Waals surface area (Å²) in [4.78, 5) is 15.2. The first kappa shape index (κ1) is 27.7. The van der Waals surface area contributed by atoms with E-state index in [1.807, 2.05) is 44.2 Å². The standard InChI is InChI=1S/C28H34N4O4S/c1-6-31(7-2)24-13-11-23(12-14-24)19-29-30-28(33)20-32(26-18-22(4)10-17-27(26)36-5)37(34,35)25-15-8-21(3)9-16-25/h8-19H,6-7,20H2,1-5H3,(H,30,33)/b29-19-. The van der Waals surface area contributed by atoms with Crippen LogP contribution in [-0.2, 0) is 14.8 Å². The molecule has 3 aromatic rings. The molecule has 0 saturated carbocycles. The predicted octanol–water partition coefficient (Wildman–Crippen LogP) is 4.50. The molecule has 1 N–H and O–H groups in total. The molecule has 0 heterocycles. The monoisotopic (exact) mass is 522 g/mol. The lowest BCUT2D eigenvalue weighted by atomic mass is 10.2. The Morgan fingerprint density at radius 3 is 2.16 bits per heavy atom. The molecule has 0 aliphatic heterocycles. The zero-order valence-corrected chi connectivity index (χ0v) is 22.7. The fourth-order valence-electron chi connectivity index (χ4n) is 3.84. The Balaban J connectivity index is 1.84. The van der Waals surface area contributed by atoms with E-state index in [1.54, 1.807) is 24.3 Å². The quantitative estimate of drug-likeness (QED) is 0.296. The molecule has 0 bridgehead atoms. The van der Waals surface area contributed by atoms with E-state index in [4.69, 9.17) is 4.74 Å². The average Bonchev–Trinajstić information content (AvgIpc) is 2.89. The van der Waals surface area contributed by atoms with Crippen LogP contribution in [0.1, 0.15) is 30.5 Å². The highest BCUT2D eigenvalue weighted by Gasteiger charge is 2.29. The minimum absolute atomic E-state index is 0.0752. The van der Waals surface area contributed by atoms with Crippen molar-refractivity contribution < 1.29 is 17.9 Å².